The fraction of sp³-hybridized carbons (Fsp3) is 0.297. The molecule has 0 aliphatic heterocycles. The average molecular weight is 658 g/mol. The van der Waals surface area contributed by atoms with E-state index in [0.29, 0.717) is 30.2 Å². The first-order chi connectivity index (χ1) is 22.7. The molecule has 0 bridgehead atoms. The van der Waals surface area contributed by atoms with Crippen LogP contribution in [0.3, 0.4) is 0 Å². The van der Waals surface area contributed by atoms with Gasteiger partial charge >= 0.3 is 0 Å². The first-order valence-corrected chi connectivity index (χ1v) is 17.2. The Bertz CT molecular complexity index is 1710. The zero-order chi connectivity index (χ0) is 33.8. The van der Waals surface area contributed by atoms with Crippen LogP contribution in [0.2, 0.25) is 0 Å². The molecule has 0 aliphatic rings. The summed E-state index contributed by atoms with van der Waals surface area (Å²) in [6.45, 7) is 5.78. The molecule has 2 amide bonds. The van der Waals surface area contributed by atoms with Gasteiger partial charge in [-0.25, -0.2) is 8.42 Å². The van der Waals surface area contributed by atoms with E-state index in [1.54, 1.807) is 55.6 Å². The Hall–Kier alpha value is -4.83. The zero-order valence-electron chi connectivity index (χ0n) is 27.4. The predicted octanol–water partition coefficient (Wildman–Crippen LogP) is 6.71. The number of para-hydroxylation sites is 1. The van der Waals surface area contributed by atoms with Crippen LogP contribution in [0.15, 0.2) is 108 Å². The Morgan fingerprint density at radius 1 is 0.830 bits per heavy atom. The Labute approximate surface area is 278 Å². The lowest BCUT2D eigenvalue weighted by Gasteiger charge is -2.33. The van der Waals surface area contributed by atoms with Crippen molar-refractivity contribution < 1.29 is 27.5 Å². The van der Waals surface area contributed by atoms with Crippen molar-refractivity contribution in [2.75, 3.05) is 24.5 Å². The third-order valence-corrected chi connectivity index (χ3v) is 9.48. The molecule has 4 aromatic carbocycles. The predicted molar refractivity (Wildman–Crippen MR) is 184 cm³/mol. The number of nitrogens with zero attached hydrogens (tertiary/aromatic N) is 2. The lowest BCUT2D eigenvalue weighted by molar-refractivity contribution is -0.140. The molecule has 0 unspecified atom stereocenters. The Balaban J connectivity index is 1.72. The van der Waals surface area contributed by atoms with E-state index in [1.165, 1.54) is 17.0 Å². The van der Waals surface area contributed by atoms with Crippen molar-refractivity contribution in [3.8, 4) is 17.2 Å². The Kier molecular flexibility index (Phi) is 12.4. The third kappa shape index (κ3) is 9.36. The summed E-state index contributed by atoms with van der Waals surface area (Å²) in [6, 6.07) is 28.7. The molecule has 9 nitrogen and oxygen atoms in total. The maximum absolute atomic E-state index is 14.3. The van der Waals surface area contributed by atoms with Gasteiger partial charge < -0.3 is 19.7 Å². The van der Waals surface area contributed by atoms with Gasteiger partial charge in [0, 0.05) is 13.1 Å². The van der Waals surface area contributed by atoms with Gasteiger partial charge in [0.05, 0.1) is 17.7 Å². The molecule has 4 rings (SSSR count). The van der Waals surface area contributed by atoms with E-state index in [1.807, 2.05) is 63.2 Å². The van der Waals surface area contributed by atoms with Crippen LogP contribution in [0, 0.1) is 6.92 Å². The first-order valence-electron chi connectivity index (χ1n) is 15.8. The van der Waals surface area contributed by atoms with Crippen LogP contribution >= 0.6 is 0 Å². The molecule has 0 heterocycles. The summed E-state index contributed by atoms with van der Waals surface area (Å²) in [7, 11) is -2.64. The van der Waals surface area contributed by atoms with Crippen molar-refractivity contribution in [3.05, 3.63) is 114 Å². The monoisotopic (exact) mass is 657 g/mol. The van der Waals surface area contributed by atoms with E-state index in [0.717, 1.165) is 28.3 Å². The Morgan fingerprint density at radius 2 is 1.49 bits per heavy atom. The highest BCUT2D eigenvalue weighted by Crippen LogP contribution is 2.29. The number of aryl methyl sites for hydroxylation is 1. The number of hydrogen-bond donors (Lipinski definition) is 1. The quantitative estimate of drug-likeness (QED) is 0.134. The Morgan fingerprint density at radius 3 is 2.13 bits per heavy atom. The van der Waals surface area contributed by atoms with E-state index in [4.69, 9.17) is 9.47 Å². The highest BCUT2D eigenvalue weighted by Gasteiger charge is 2.33. The molecule has 1 atom stereocenters. The number of methoxy groups -OCH3 is 1. The third-order valence-electron chi connectivity index (χ3n) is 7.69. The lowest BCUT2D eigenvalue weighted by Crippen LogP contribution is -2.52. The number of unbranched alkanes of at least 4 members (excludes halogenated alkanes) is 1. The minimum Gasteiger partial charge on any atom is -0.497 e. The summed E-state index contributed by atoms with van der Waals surface area (Å²) in [5.41, 5.74) is 1.92. The topological polar surface area (TPSA) is 105 Å². The number of benzene rings is 4. The van der Waals surface area contributed by atoms with Crippen LogP contribution in [0.25, 0.3) is 0 Å². The molecule has 4 aromatic rings. The summed E-state index contributed by atoms with van der Waals surface area (Å²) < 4.78 is 40.8. The molecule has 0 fully saturated rings. The smallest absolute Gasteiger partial charge is 0.264 e. The minimum absolute atomic E-state index is 0.0456. The van der Waals surface area contributed by atoms with Crippen LogP contribution < -0.4 is 19.1 Å². The van der Waals surface area contributed by atoms with Gasteiger partial charge in [-0.15, -0.1) is 0 Å². The van der Waals surface area contributed by atoms with Gasteiger partial charge in [-0.2, -0.15) is 0 Å². The van der Waals surface area contributed by atoms with Crippen LogP contribution in [-0.4, -0.2) is 51.4 Å². The fourth-order valence-corrected chi connectivity index (χ4v) is 6.48. The van der Waals surface area contributed by atoms with Gasteiger partial charge in [-0.05, 0) is 86.0 Å². The summed E-state index contributed by atoms with van der Waals surface area (Å²) in [6.07, 6.45) is 2.05. The van der Waals surface area contributed by atoms with Crippen molar-refractivity contribution in [1.82, 2.24) is 10.2 Å². The SMILES string of the molecule is CCCCNC(=O)[C@H](CC)N(Cc1cccc(OC)c1)C(=O)CN(c1ccc(Oc2ccccc2)cc1)S(=O)(=O)c1ccc(C)cc1. The standard InChI is InChI=1S/C37H43N3O6S/c1-5-7-24-38-37(42)35(6-2)39(26-29-12-11-15-33(25-29)45-4)36(41)27-40(47(43,44)34-22-16-28(3)17-23-34)30-18-20-32(21-19-30)46-31-13-9-8-10-14-31/h8-23,25,35H,5-7,24,26-27H2,1-4H3,(H,38,42)/t35-/m0/s1. The number of rotatable bonds is 16. The summed E-state index contributed by atoms with van der Waals surface area (Å²) in [5, 5.41) is 2.95. The maximum Gasteiger partial charge on any atom is 0.264 e. The van der Waals surface area contributed by atoms with Crippen molar-refractivity contribution in [1.29, 1.82) is 0 Å². The van der Waals surface area contributed by atoms with Crippen LogP contribution in [-0.2, 0) is 26.2 Å². The first kappa shape index (κ1) is 35.0. The van der Waals surface area contributed by atoms with Crippen LogP contribution in [0.4, 0.5) is 5.69 Å². The number of nitrogens with one attached hydrogen (secondary N) is 1. The fourth-order valence-electron chi connectivity index (χ4n) is 5.06. The molecule has 0 spiro atoms. The van der Waals surface area contributed by atoms with Gasteiger partial charge in [0.15, 0.2) is 0 Å². The highest BCUT2D eigenvalue weighted by molar-refractivity contribution is 7.92. The highest BCUT2D eigenvalue weighted by atomic mass is 32.2. The minimum atomic E-state index is -4.20. The van der Waals surface area contributed by atoms with Gasteiger partial charge in [-0.3, -0.25) is 13.9 Å². The van der Waals surface area contributed by atoms with Crippen molar-refractivity contribution >= 4 is 27.5 Å². The van der Waals surface area contributed by atoms with Gasteiger partial charge in [0.25, 0.3) is 10.0 Å². The summed E-state index contributed by atoms with van der Waals surface area (Å²) in [4.78, 5) is 29.3. The van der Waals surface area contributed by atoms with E-state index in [2.05, 4.69) is 5.32 Å². The number of carbonyl (C=O) groups excluding carboxylic acids is 2. The molecule has 0 saturated heterocycles. The van der Waals surface area contributed by atoms with Crippen molar-refractivity contribution in [2.45, 2.75) is 57.5 Å². The van der Waals surface area contributed by atoms with Gasteiger partial charge in [-0.1, -0.05) is 68.3 Å². The second-order valence-electron chi connectivity index (χ2n) is 11.2. The molecular weight excluding hydrogens is 614 g/mol. The van der Waals surface area contributed by atoms with Crippen LogP contribution in [0.1, 0.15) is 44.2 Å². The maximum atomic E-state index is 14.3. The number of ether oxygens (including phenoxy) is 2. The van der Waals surface area contributed by atoms with E-state index >= 15 is 0 Å². The second kappa shape index (κ2) is 16.6. The van der Waals surface area contributed by atoms with Gasteiger partial charge in [0.2, 0.25) is 11.8 Å². The molecule has 1 N–H and O–H groups in total. The average Bonchev–Trinajstić information content (AvgIpc) is 3.08. The molecule has 47 heavy (non-hydrogen) atoms. The zero-order valence-corrected chi connectivity index (χ0v) is 28.2. The lowest BCUT2D eigenvalue weighted by atomic mass is 10.1. The second-order valence-corrected chi connectivity index (χ2v) is 13.0. The van der Waals surface area contributed by atoms with Crippen molar-refractivity contribution in [3.63, 3.8) is 0 Å². The summed E-state index contributed by atoms with van der Waals surface area (Å²) >= 11 is 0. The summed E-state index contributed by atoms with van der Waals surface area (Å²) in [5.74, 6) is 0.943. The number of anilines is 1. The number of carbonyl (C=O) groups is 2. The molecule has 0 aromatic heterocycles. The van der Waals surface area contributed by atoms with Crippen LogP contribution in [0.5, 0.6) is 17.2 Å². The normalized spacial score (nSPS) is 11.7. The molecule has 0 saturated carbocycles. The molecule has 0 aliphatic carbocycles. The molecule has 0 radical (unpaired) electrons. The molecule has 10 heteroatoms. The van der Waals surface area contributed by atoms with E-state index in [9.17, 15) is 18.0 Å². The molecule has 248 valence electrons. The largest absolute Gasteiger partial charge is 0.497 e. The number of sulfonamides is 1. The number of amides is 2. The number of hydrogen-bond acceptors (Lipinski definition) is 6. The van der Waals surface area contributed by atoms with Crippen molar-refractivity contribution in [2.24, 2.45) is 0 Å². The molecular formula is C37H43N3O6S. The van der Waals surface area contributed by atoms with Gasteiger partial charge in [0.1, 0.15) is 29.8 Å². The van der Waals surface area contributed by atoms with E-state index in [-0.39, 0.29) is 23.0 Å². The van der Waals surface area contributed by atoms with E-state index < -0.39 is 28.5 Å².